The van der Waals surface area contributed by atoms with Crippen LogP contribution in [-0.2, 0) is 23.9 Å². The number of para-hydroxylation sites is 1. The SMILES string of the molecule is C=CCCCOC(=O)[C@@H]1[C@H]2C(=O)N([C@@H](CC)CO)C(C(=O)N(CC=C)c3c(C)cccc3Cl)C23CC(C)[C@@]1(C)O3. The predicted octanol–water partition coefficient (Wildman–Crippen LogP) is 4.46. The van der Waals surface area contributed by atoms with E-state index >= 15 is 0 Å². The number of nitrogens with zero attached hydrogens (tertiary/aromatic N) is 2. The number of esters is 1. The van der Waals surface area contributed by atoms with E-state index in [1.54, 1.807) is 23.1 Å². The first-order valence-corrected chi connectivity index (χ1v) is 14.5. The fraction of sp³-hybridized carbons (Fsp3) is 0.581. The summed E-state index contributed by atoms with van der Waals surface area (Å²) >= 11 is 6.61. The van der Waals surface area contributed by atoms with Crippen molar-refractivity contribution >= 4 is 35.1 Å². The van der Waals surface area contributed by atoms with Gasteiger partial charge in [-0.1, -0.05) is 49.7 Å². The molecule has 2 amide bonds. The molecule has 1 aromatic rings. The molecule has 0 aromatic heterocycles. The third kappa shape index (κ3) is 4.58. The number of carbonyl (C=O) groups is 3. The molecule has 7 atom stereocenters. The van der Waals surface area contributed by atoms with Crippen LogP contribution in [0.15, 0.2) is 43.5 Å². The molecule has 9 heteroatoms. The number of benzene rings is 1. The minimum absolute atomic E-state index is 0.123. The first-order chi connectivity index (χ1) is 19.0. The number of anilines is 1. The molecule has 3 heterocycles. The van der Waals surface area contributed by atoms with Gasteiger partial charge in [-0.25, -0.2) is 0 Å². The smallest absolute Gasteiger partial charge is 0.312 e. The van der Waals surface area contributed by atoms with Crippen LogP contribution in [0.1, 0.15) is 52.0 Å². The van der Waals surface area contributed by atoms with E-state index in [-0.39, 0.29) is 37.5 Å². The highest BCUT2D eigenvalue weighted by Gasteiger charge is 2.80. The minimum atomic E-state index is -1.26. The topological polar surface area (TPSA) is 96.4 Å². The van der Waals surface area contributed by atoms with E-state index in [1.165, 1.54) is 4.90 Å². The number of ether oxygens (including phenoxy) is 2. The van der Waals surface area contributed by atoms with Gasteiger partial charge < -0.3 is 24.4 Å². The molecule has 3 aliphatic heterocycles. The van der Waals surface area contributed by atoms with E-state index in [1.807, 2.05) is 39.8 Å². The maximum Gasteiger partial charge on any atom is 0.312 e. The van der Waals surface area contributed by atoms with Gasteiger partial charge in [-0.15, -0.1) is 13.2 Å². The molecule has 4 rings (SSSR count). The van der Waals surface area contributed by atoms with E-state index in [0.717, 1.165) is 5.56 Å². The van der Waals surface area contributed by atoms with Crippen LogP contribution in [0.5, 0.6) is 0 Å². The number of aliphatic hydroxyl groups excluding tert-OH is 1. The molecule has 0 aliphatic carbocycles. The van der Waals surface area contributed by atoms with Gasteiger partial charge in [-0.2, -0.15) is 0 Å². The van der Waals surface area contributed by atoms with E-state index in [2.05, 4.69) is 13.2 Å². The molecule has 218 valence electrons. The number of fused-ring (bicyclic) bond motifs is 1. The van der Waals surface area contributed by atoms with E-state index in [4.69, 9.17) is 21.1 Å². The molecule has 0 radical (unpaired) electrons. The second-order valence-electron chi connectivity index (χ2n) is 11.4. The highest BCUT2D eigenvalue weighted by Crippen LogP contribution is 2.65. The number of aryl methyl sites for hydroxylation is 1. The number of amides is 2. The monoisotopic (exact) mass is 572 g/mol. The van der Waals surface area contributed by atoms with Gasteiger partial charge in [0.1, 0.15) is 17.6 Å². The molecule has 8 nitrogen and oxygen atoms in total. The fourth-order valence-corrected chi connectivity index (χ4v) is 7.47. The van der Waals surface area contributed by atoms with Crippen molar-refractivity contribution in [2.24, 2.45) is 17.8 Å². The number of hydrogen-bond acceptors (Lipinski definition) is 6. The second kappa shape index (κ2) is 11.7. The summed E-state index contributed by atoms with van der Waals surface area (Å²) in [6.45, 7) is 15.1. The standard InChI is InChI=1S/C31H41ClN2O6/c1-7-10-11-16-39-29(38)24-23-27(36)34(21(9-3)18-35)26(31(23)17-20(5)30(24,6)40-31)28(37)33(15-8-2)25-19(4)13-12-14-22(25)32/h7-8,12-14,20-21,23-24,26,35H,1-2,9-11,15-18H2,3-6H3/t20?,21-,23-,24-,26?,30+,31?/m0/s1. The molecule has 3 unspecified atom stereocenters. The normalized spacial score (nSPS) is 31.1. The Balaban J connectivity index is 1.84. The predicted molar refractivity (Wildman–Crippen MR) is 154 cm³/mol. The van der Waals surface area contributed by atoms with Gasteiger partial charge in [0.2, 0.25) is 5.91 Å². The van der Waals surface area contributed by atoms with Crippen LogP contribution >= 0.6 is 11.6 Å². The van der Waals surface area contributed by atoms with Gasteiger partial charge in [0.05, 0.1) is 41.5 Å². The summed E-state index contributed by atoms with van der Waals surface area (Å²) in [7, 11) is 0. The van der Waals surface area contributed by atoms with Gasteiger partial charge in [0.25, 0.3) is 5.91 Å². The van der Waals surface area contributed by atoms with Crippen LogP contribution in [0, 0.1) is 24.7 Å². The minimum Gasteiger partial charge on any atom is -0.465 e. The van der Waals surface area contributed by atoms with E-state index < -0.39 is 41.1 Å². The maximum atomic E-state index is 14.7. The van der Waals surface area contributed by atoms with Crippen molar-refractivity contribution in [1.82, 2.24) is 4.90 Å². The molecule has 1 aromatic carbocycles. The van der Waals surface area contributed by atoms with Crippen LogP contribution < -0.4 is 4.90 Å². The number of likely N-dealkylation sites (tertiary alicyclic amines) is 1. The van der Waals surface area contributed by atoms with Crippen LogP contribution in [-0.4, -0.2) is 70.8 Å². The molecule has 2 bridgehead atoms. The Kier molecular flexibility index (Phi) is 8.83. The summed E-state index contributed by atoms with van der Waals surface area (Å²) in [4.78, 5) is 45.7. The van der Waals surface area contributed by atoms with Crippen molar-refractivity contribution in [2.45, 2.75) is 76.7 Å². The highest BCUT2D eigenvalue weighted by molar-refractivity contribution is 6.34. The van der Waals surface area contributed by atoms with Gasteiger partial charge >= 0.3 is 5.97 Å². The van der Waals surface area contributed by atoms with Crippen molar-refractivity contribution < 1.29 is 29.0 Å². The number of allylic oxidation sites excluding steroid dienone is 1. The molecule has 1 spiro atoms. The van der Waals surface area contributed by atoms with E-state index in [0.29, 0.717) is 36.4 Å². The molecular formula is C31H41ClN2O6. The van der Waals surface area contributed by atoms with Gasteiger partial charge in [0.15, 0.2) is 0 Å². The molecular weight excluding hydrogens is 532 g/mol. The zero-order valence-corrected chi connectivity index (χ0v) is 24.7. The van der Waals surface area contributed by atoms with Crippen LogP contribution in [0.3, 0.4) is 0 Å². The lowest BCUT2D eigenvalue weighted by Crippen LogP contribution is -2.59. The van der Waals surface area contributed by atoms with Crippen LogP contribution in [0.4, 0.5) is 5.69 Å². The quantitative estimate of drug-likeness (QED) is 0.226. The lowest BCUT2D eigenvalue weighted by Gasteiger charge is -2.39. The van der Waals surface area contributed by atoms with Crippen LogP contribution in [0.2, 0.25) is 5.02 Å². The van der Waals surface area contributed by atoms with Crippen molar-refractivity contribution in [3.05, 3.63) is 54.1 Å². The highest BCUT2D eigenvalue weighted by atomic mass is 35.5. The molecule has 40 heavy (non-hydrogen) atoms. The van der Waals surface area contributed by atoms with Crippen molar-refractivity contribution in [1.29, 1.82) is 0 Å². The third-order valence-corrected chi connectivity index (χ3v) is 9.45. The summed E-state index contributed by atoms with van der Waals surface area (Å²) in [5, 5.41) is 10.7. The number of rotatable bonds is 12. The number of carbonyl (C=O) groups excluding carboxylic acids is 3. The Bertz CT molecular complexity index is 1160. The number of hydrogen-bond donors (Lipinski definition) is 1. The second-order valence-corrected chi connectivity index (χ2v) is 11.8. The molecule has 1 N–H and O–H groups in total. The number of aliphatic hydroxyl groups is 1. The Labute approximate surface area is 241 Å². The lowest BCUT2D eigenvalue weighted by molar-refractivity contribution is -0.162. The summed E-state index contributed by atoms with van der Waals surface area (Å²) in [5.41, 5.74) is -0.918. The first kappa shape index (κ1) is 30.3. The third-order valence-electron chi connectivity index (χ3n) is 9.15. The van der Waals surface area contributed by atoms with Gasteiger partial charge in [0, 0.05) is 6.54 Å². The molecule has 0 saturated carbocycles. The number of unbranched alkanes of at least 4 members (excludes halogenated alkanes) is 1. The Hall–Kier alpha value is -2.68. The molecule has 3 aliphatic rings. The largest absolute Gasteiger partial charge is 0.465 e. The lowest BCUT2D eigenvalue weighted by atomic mass is 9.62. The van der Waals surface area contributed by atoms with Crippen molar-refractivity contribution in [3.63, 3.8) is 0 Å². The summed E-state index contributed by atoms with van der Waals surface area (Å²) in [6, 6.07) is 3.69. The summed E-state index contributed by atoms with van der Waals surface area (Å²) in [5.74, 6) is -3.14. The van der Waals surface area contributed by atoms with Crippen molar-refractivity contribution in [2.75, 3.05) is 24.7 Å². The zero-order valence-electron chi connectivity index (χ0n) is 23.9. The van der Waals surface area contributed by atoms with Gasteiger partial charge in [-0.05, 0) is 57.1 Å². The number of halogens is 1. The maximum absolute atomic E-state index is 14.7. The Morgan fingerprint density at radius 3 is 2.67 bits per heavy atom. The molecule has 3 saturated heterocycles. The molecule has 3 fully saturated rings. The van der Waals surface area contributed by atoms with Crippen LogP contribution in [0.25, 0.3) is 0 Å². The Morgan fingerprint density at radius 1 is 1.35 bits per heavy atom. The summed E-state index contributed by atoms with van der Waals surface area (Å²) in [6.07, 6.45) is 5.54. The Morgan fingerprint density at radius 2 is 2.08 bits per heavy atom. The summed E-state index contributed by atoms with van der Waals surface area (Å²) < 4.78 is 12.4. The first-order valence-electron chi connectivity index (χ1n) is 14.1. The average Bonchev–Trinajstić information content (AvgIpc) is 3.43. The van der Waals surface area contributed by atoms with E-state index in [9.17, 15) is 19.5 Å². The fourth-order valence-electron chi connectivity index (χ4n) is 7.14. The van der Waals surface area contributed by atoms with Crippen molar-refractivity contribution in [3.8, 4) is 0 Å². The van der Waals surface area contributed by atoms with Gasteiger partial charge in [-0.3, -0.25) is 14.4 Å². The zero-order chi connectivity index (χ0) is 29.4. The average molecular weight is 573 g/mol.